The van der Waals surface area contributed by atoms with Crippen molar-refractivity contribution in [3.63, 3.8) is 0 Å². The lowest BCUT2D eigenvalue weighted by molar-refractivity contribution is 0.415. The van der Waals surface area contributed by atoms with Gasteiger partial charge in [-0.15, -0.1) is 11.3 Å². The summed E-state index contributed by atoms with van der Waals surface area (Å²) in [6, 6.07) is 7.91. The van der Waals surface area contributed by atoms with E-state index in [0.29, 0.717) is 0 Å². The van der Waals surface area contributed by atoms with Crippen LogP contribution in [0, 0.1) is 6.92 Å². The zero-order valence-electron chi connectivity index (χ0n) is 10.9. The van der Waals surface area contributed by atoms with Crippen molar-refractivity contribution in [2.45, 2.75) is 13.3 Å². The minimum Gasteiger partial charge on any atom is -0.309 e. The van der Waals surface area contributed by atoms with Crippen LogP contribution in [0.25, 0.3) is 11.3 Å². The predicted octanol–water partition coefficient (Wildman–Crippen LogP) is 3.88. The second kappa shape index (κ2) is 5.83. The van der Waals surface area contributed by atoms with Gasteiger partial charge < -0.3 is 4.90 Å². The molecule has 0 saturated heterocycles. The average Bonchev–Trinajstić information content (AvgIpc) is 2.69. The Morgan fingerprint density at radius 3 is 2.50 bits per heavy atom. The third-order valence-electron chi connectivity index (χ3n) is 2.71. The molecule has 2 aromatic rings. The van der Waals surface area contributed by atoms with Crippen LogP contribution in [0.4, 0.5) is 0 Å². The molecule has 1 aromatic heterocycles. The van der Waals surface area contributed by atoms with Crippen LogP contribution in [-0.2, 0) is 6.42 Å². The van der Waals surface area contributed by atoms with Crippen LogP contribution in [0.1, 0.15) is 9.88 Å². The van der Waals surface area contributed by atoms with Crippen molar-refractivity contribution < 1.29 is 0 Å². The lowest BCUT2D eigenvalue weighted by Gasteiger charge is -2.08. The summed E-state index contributed by atoms with van der Waals surface area (Å²) in [4.78, 5) is 8.19. The Kier molecular flexibility index (Phi) is 4.38. The highest BCUT2D eigenvalue weighted by Crippen LogP contribution is 2.29. The van der Waals surface area contributed by atoms with Crippen LogP contribution in [0.5, 0.6) is 0 Å². The fourth-order valence-corrected chi connectivity index (χ4v) is 2.87. The zero-order valence-corrected chi connectivity index (χ0v) is 12.5. The van der Waals surface area contributed by atoms with Gasteiger partial charge in [-0.1, -0.05) is 23.7 Å². The van der Waals surface area contributed by atoms with Crippen LogP contribution < -0.4 is 0 Å². The Labute approximate surface area is 117 Å². The first-order valence-corrected chi connectivity index (χ1v) is 7.12. The monoisotopic (exact) mass is 280 g/mol. The van der Waals surface area contributed by atoms with E-state index >= 15 is 0 Å². The number of aryl methyl sites for hydroxylation is 1. The first kappa shape index (κ1) is 13.5. The smallest absolute Gasteiger partial charge is 0.0904 e. The van der Waals surface area contributed by atoms with Gasteiger partial charge in [-0.3, -0.25) is 0 Å². The molecule has 0 atom stereocenters. The fraction of sp³-hybridized carbons (Fsp3) is 0.357. The summed E-state index contributed by atoms with van der Waals surface area (Å²) in [7, 11) is 4.19. The number of hydrogen-bond donors (Lipinski definition) is 0. The molecule has 0 aliphatic rings. The molecule has 4 heteroatoms. The van der Waals surface area contributed by atoms with Crippen molar-refractivity contribution in [2.75, 3.05) is 20.6 Å². The first-order valence-electron chi connectivity index (χ1n) is 5.93. The van der Waals surface area contributed by atoms with Gasteiger partial charge in [-0.25, -0.2) is 4.98 Å². The molecule has 0 spiro atoms. The van der Waals surface area contributed by atoms with Gasteiger partial charge in [0.15, 0.2) is 0 Å². The maximum Gasteiger partial charge on any atom is 0.0904 e. The van der Waals surface area contributed by atoms with Crippen molar-refractivity contribution in [3.8, 4) is 11.3 Å². The summed E-state index contributed by atoms with van der Waals surface area (Å²) in [6.45, 7) is 3.10. The third kappa shape index (κ3) is 3.31. The molecular weight excluding hydrogens is 264 g/mol. The van der Waals surface area contributed by atoms with Gasteiger partial charge >= 0.3 is 0 Å². The molecule has 0 unspecified atom stereocenters. The number of benzene rings is 1. The molecule has 0 aliphatic heterocycles. The fourth-order valence-electron chi connectivity index (χ4n) is 1.80. The van der Waals surface area contributed by atoms with Crippen LogP contribution in [0.15, 0.2) is 24.3 Å². The van der Waals surface area contributed by atoms with Crippen LogP contribution in [-0.4, -0.2) is 30.5 Å². The zero-order chi connectivity index (χ0) is 13.1. The molecule has 0 saturated carbocycles. The van der Waals surface area contributed by atoms with E-state index in [9.17, 15) is 0 Å². The SMILES string of the molecule is Cc1nc(-c2ccc(Cl)cc2)c(CCN(C)C)s1. The standard InChI is InChI=1S/C14H17ClN2S/c1-10-16-14(11-4-6-12(15)7-5-11)13(18-10)8-9-17(2)3/h4-7H,8-9H2,1-3H3. The first-order chi connectivity index (χ1) is 8.56. The summed E-state index contributed by atoms with van der Waals surface area (Å²) in [5.41, 5.74) is 2.26. The molecule has 0 N–H and O–H groups in total. The molecule has 0 radical (unpaired) electrons. The van der Waals surface area contributed by atoms with E-state index in [4.69, 9.17) is 11.6 Å². The number of rotatable bonds is 4. The maximum atomic E-state index is 5.92. The molecule has 18 heavy (non-hydrogen) atoms. The number of hydrogen-bond acceptors (Lipinski definition) is 3. The maximum absolute atomic E-state index is 5.92. The van der Waals surface area contributed by atoms with Crippen molar-refractivity contribution in [1.29, 1.82) is 0 Å². The number of halogens is 1. The lowest BCUT2D eigenvalue weighted by atomic mass is 10.1. The summed E-state index contributed by atoms with van der Waals surface area (Å²) in [5, 5.41) is 1.88. The Morgan fingerprint density at radius 2 is 1.89 bits per heavy atom. The molecule has 1 aromatic carbocycles. The van der Waals surface area contributed by atoms with E-state index in [2.05, 4.69) is 30.9 Å². The largest absolute Gasteiger partial charge is 0.309 e. The number of likely N-dealkylation sites (N-methyl/N-ethyl adjacent to an activating group) is 1. The van der Waals surface area contributed by atoms with Crippen molar-refractivity contribution in [1.82, 2.24) is 9.88 Å². The van der Waals surface area contributed by atoms with E-state index in [0.717, 1.165) is 34.3 Å². The summed E-state index contributed by atoms with van der Waals surface area (Å²) >= 11 is 7.71. The van der Waals surface area contributed by atoms with Gasteiger partial charge in [0.2, 0.25) is 0 Å². The molecule has 0 bridgehead atoms. The van der Waals surface area contributed by atoms with Gasteiger partial charge in [-0.2, -0.15) is 0 Å². The second-order valence-electron chi connectivity index (χ2n) is 4.56. The van der Waals surface area contributed by atoms with Gasteiger partial charge in [0.05, 0.1) is 10.7 Å². The quantitative estimate of drug-likeness (QED) is 0.845. The Hall–Kier alpha value is -0.900. The second-order valence-corrected chi connectivity index (χ2v) is 6.29. The Bertz CT molecular complexity index is 517. The molecular formula is C14H17ClN2S. The van der Waals surface area contributed by atoms with Crippen LogP contribution in [0.3, 0.4) is 0 Å². The van der Waals surface area contributed by atoms with Gasteiger partial charge in [0.25, 0.3) is 0 Å². The minimum absolute atomic E-state index is 0.764. The van der Waals surface area contributed by atoms with Crippen molar-refractivity contribution in [3.05, 3.63) is 39.2 Å². The van der Waals surface area contributed by atoms with Crippen molar-refractivity contribution in [2.24, 2.45) is 0 Å². The van der Waals surface area contributed by atoms with Crippen molar-refractivity contribution >= 4 is 22.9 Å². The van der Waals surface area contributed by atoms with Gasteiger partial charge in [0.1, 0.15) is 0 Å². The number of aromatic nitrogens is 1. The highest BCUT2D eigenvalue weighted by atomic mass is 35.5. The van der Waals surface area contributed by atoms with E-state index in [1.807, 2.05) is 24.3 Å². The van der Waals surface area contributed by atoms with E-state index in [1.165, 1.54) is 4.88 Å². The molecule has 0 fully saturated rings. The summed E-state index contributed by atoms with van der Waals surface area (Å²) in [6.07, 6.45) is 1.04. The topological polar surface area (TPSA) is 16.1 Å². The summed E-state index contributed by atoms with van der Waals surface area (Å²) in [5.74, 6) is 0. The Balaban J connectivity index is 2.29. The van der Waals surface area contributed by atoms with E-state index in [-0.39, 0.29) is 0 Å². The van der Waals surface area contributed by atoms with Gasteiger partial charge in [-0.05, 0) is 39.6 Å². The number of nitrogens with zero attached hydrogens (tertiary/aromatic N) is 2. The van der Waals surface area contributed by atoms with Gasteiger partial charge in [0, 0.05) is 22.0 Å². The molecule has 2 nitrogen and oxygen atoms in total. The molecule has 1 heterocycles. The normalized spacial score (nSPS) is 11.2. The molecule has 2 rings (SSSR count). The highest BCUT2D eigenvalue weighted by Gasteiger charge is 2.11. The van der Waals surface area contributed by atoms with Crippen LogP contribution in [0.2, 0.25) is 5.02 Å². The minimum atomic E-state index is 0.764. The number of thiazole rings is 1. The predicted molar refractivity (Wildman–Crippen MR) is 79.6 cm³/mol. The summed E-state index contributed by atoms with van der Waals surface area (Å²) < 4.78 is 0. The molecule has 0 amide bonds. The van der Waals surface area contributed by atoms with Crippen LogP contribution >= 0.6 is 22.9 Å². The van der Waals surface area contributed by atoms with E-state index < -0.39 is 0 Å². The highest BCUT2D eigenvalue weighted by molar-refractivity contribution is 7.12. The Morgan fingerprint density at radius 1 is 1.22 bits per heavy atom. The third-order valence-corrected chi connectivity index (χ3v) is 3.99. The average molecular weight is 281 g/mol. The molecule has 96 valence electrons. The lowest BCUT2D eigenvalue weighted by Crippen LogP contribution is -2.14. The van der Waals surface area contributed by atoms with E-state index in [1.54, 1.807) is 11.3 Å². The molecule has 0 aliphatic carbocycles.